The summed E-state index contributed by atoms with van der Waals surface area (Å²) in [4.78, 5) is 20.7. The summed E-state index contributed by atoms with van der Waals surface area (Å²) in [5.41, 5.74) is 2.07. The maximum absolute atomic E-state index is 12.0. The van der Waals surface area contributed by atoms with E-state index in [2.05, 4.69) is 21.4 Å². The smallest absolute Gasteiger partial charge is 0.231 e. The third-order valence-corrected chi connectivity index (χ3v) is 4.58. The normalized spacial score (nSPS) is 13.6. The van der Waals surface area contributed by atoms with Crippen LogP contribution in [0, 0.1) is 38.0 Å². The monoisotopic (exact) mass is 306 g/mol. The third kappa shape index (κ3) is 4.43. The fourth-order valence-electron chi connectivity index (χ4n) is 1.56. The lowest BCUT2D eigenvalue weighted by Gasteiger charge is -2.27. The van der Waals surface area contributed by atoms with E-state index in [1.807, 2.05) is 34.6 Å². The Morgan fingerprint density at radius 1 is 1.33 bits per heavy atom. The van der Waals surface area contributed by atoms with Crippen molar-refractivity contribution in [2.24, 2.45) is 5.92 Å². The van der Waals surface area contributed by atoms with Gasteiger partial charge in [-0.25, -0.2) is 9.97 Å². The van der Waals surface area contributed by atoms with E-state index in [1.54, 1.807) is 6.92 Å². The van der Waals surface area contributed by atoms with E-state index in [9.17, 15) is 10.1 Å². The minimum atomic E-state index is -0.850. The second-order valence-corrected chi connectivity index (χ2v) is 6.55. The van der Waals surface area contributed by atoms with Crippen LogP contribution in [-0.4, -0.2) is 27.2 Å². The number of aromatic nitrogens is 2. The van der Waals surface area contributed by atoms with E-state index >= 15 is 0 Å². The summed E-state index contributed by atoms with van der Waals surface area (Å²) in [5.74, 6) is 0.0557. The molecular formula is C15H22N4OS. The van der Waals surface area contributed by atoms with Gasteiger partial charge in [0.1, 0.15) is 5.54 Å². The summed E-state index contributed by atoms with van der Waals surface area (Å²) >= 11 is 1.28. The van der Waals surface area contributed by atoms with Gasteiger partial charge >= 0.3 is 0 Å². The zero-order chi connectivity index (χ0) is 16.2. The van der Waals surface area contributed by atoms with Crippen molar-refractivity contribution in [1.82, 2.24) is 15.3 Å². The highest BCUT2D eigenvalue weighted by molar-refractivity contribution is 7.99. The van der Waals surface area contributed by atoms with Gasteiger partial charge in [-0.3, -0.25) is 4.79 Å². The fraction of sp³-hybridized carbons (Fsp3) is 0.600. The predicted molar refractivity (Wildman–Crippen MR) is 84.0 cm³/mol. The first-order chi connectivity index (χ1) is 9.69. The van der Waals surface area contributed by atoms with E-state index in [4.69, 9.17) is 0 Å². The van der Waals surface area contributed by atoms with Crippen molar-refractivity contribution < 1.29 is 4.79 Å². The largest absolute Gasteiger partial charge is 0.337 e. The number of nitrogens with zero attached hydrogens (tertiary/aromatic N) is 3. The molecule has 21 heavy (non-hydrogen) atoms. The molecule has 1 heterocycles. The molecule has 0 fully saturated rings. The van der Waals surface area contributed by atoms with Crippen LogP contribution in [0.3, 0.4) is 0 Å². The Bertz CT molecular complexity index is 557. The van der Waals surface area contributed by atoms with E-state index < -0.39 is 5.54 Å². The minimum Gasteiger partial charge on any atom is -0.337 e. The van der Waals surface area contributed by atoms with Gasteiger partial charge in [0.25, 0.3) is 0 Å². The fourth-order valence-corrected chi connectivity index (χ4v) is 2.30. The molecule has 6 heteroatoms. The van der Waals surface area contributed by atoms with Crippen molar-refractivity contribution in [3.8, 4) is 6.07 Å². The van der Waals surface area contributed by atoms with E-state index in [1.165, 1.54) is 11.8 Å². The van der Waals surface area contributed by atoms with Gasteiger partial charge < -0.3 is 5.32 Å². The Hall–Kier alpha value is -1.61. The maximum Gasteiger partial charge on any atom is 0.231 e. The number of aryl methyl sites for hydroxylation is 2. The van der Waals surface area contributed by atoms with Crippen molar-refractivity contribution in [3.63, 3.8) is 0 Å². The average molecular weight is 306 g/mol. The summed E-state index contributed by atoms with van der Waals surface area (Å²) in [5, 5.41) is 12.6. The van der Waals surface area contributed by atoms with Gasteiger partial charge in [0.05, 0.1) is 11.8 Å². The lowest BCUT2D eigenvalue weighted by molar-refractivity contribution is -0.120. The summed E-state index contributed by atoms with van der Waals surface area (Å²) in [6, 6.07) is 2.16. The van der Waals surface area contributed by atoms with Gasteiger partial charge in [0.2, 0.25) is 5.91 Å². The molecule has 1 aromatic rings. The van der Waals surface area contributed by atoms with Crippen LogP contribution < -0.4 is 5.32 Å². The quantitative estimate of drug-likeness (QED) is 0.668. The molecule has 0 saturated carbocycles. The molecule has 114 valence electrons. The molecule has 0 saturated heterocycles. The van der Waals surface area contributed by atoms with Crippen molar-refractivity contribution in [1.29, 1.82) is 5.26 Å². The van der Waals surface area contributed by atoms with Gasteiger partial charge in [-0.2, -0.15) is 5.26 Å². The lowest BCUT2D eigenvalue weighted by atomic mass is 9.90. The molecule has 0 aliphatic carbocycles. The molecule has 1 amide bonds. The van der Waals surface area contributed by atoms with E-state index in [0.717, 1.165) is 17.0 Å². The molecule has 0 aromatic carbocycles. The van der Waals surface area contributed by atoms with Crippen LogP contribution in [0.15, 0.2) is 5.16 Å². The maximum atomic E-state index is 12.0. The highest BCUT2D eigenvalue weighted by Crippen LogP contribution is 2.19. The number of nitriles is 1. The molecule has 0 spiro atoms. The summed E-state index contributed by atoms with van der Waals surface area (Å²) in [6.07, 6.45) is 0. The molecule has 5 nitrogen and oxygen atoms in total. The van der Waals surface area contributed by atoms with E-state index in [-0.39, 0.29) is 17.6 Å². The summed E-state index contributed by atoms with van der Waals surface area (Å²) < 4.78 is 0. The van der Waals surface area contributed by atoms with Crippen molar-refractivity contribution >= 4 is 17.7 Å². The van der Waals surface area contributed by atoms with Crippen LogP contribution in [0.5, 0.6) is 0 Å². The average Bonchev–Trinajstić information content (AvgIpc) is 2.41. The van der Waals surface area contributed by atoms with Crippen LogP contribution in [0.2, 0.25) is 0 Å². The zero-order valence-electron chi connectivity index (χ0n) is 13.4. The van der Waals surface area contributed by atoms with Crippen LogP contribution in [0.25, 0.3) is 0 Å². The molecule has 1 aromatic heterocycles. The number of hydrogen-bond donors (Lipinski definition) is 1. The highest BCUT2D eigenvalue weighted by atomic mass is 32.2. The number of nitrogens with one attached hydrogen (secondary N) is 1. The molecule has 0 radical (unpaired) electrons. The number of rotatable bonds is 5. The van der Waals surface area contributed by atoms with Crippen molar-refractivity contribution in [2.45, 2.75) is 52.2 Å². The molecule has 0 bridgehead atoms. The van der Waals surface area contributed by atoms with E-state index in [0.29, 0.717) is 5.16 Å². The molecule has 0 aliphatic rings. The SMILES string of the molecule is Cc1nc(SCC(=O)NC(C)(C#N)C(C)C)nc(C)c1C. The lowest BCUT2D eigenvalue weighted by Crippen LogP contribution is -2.49. The topological polar surface area (TPSA) is 78.7 Å². The van der Waals surface area contributed by atoms with Crippen molar-refractivity contribution in [3.05, 3.63) is 17.0 Å². The van der Waals surface area contributed by atoms with Crippen molar-refractivity contribution in [2.75, 3.05) is 5.75 Å². The predicted octanol–water partition coefficient (Wildman–Crippen LogP) is 2.55. The first-order valence-corrected chi connectivity index (χ1v) is 7.85. The Kier molecular flexibility index (Phi) is 5.73. The second-order valence-electron chi connectivity index (χ2n) is 5.61. The molecule has 1 N–H and O–H groups in total. The van der Waals surface area contributed by atoms with Crippen LogP contribution in [-0.2, 0) is 4.79 Å². The van der Waals surface area contributed by atoms with Crippen LogP contribution in [0.4, 0.5) is 0 Å². The van der Waals surface area contributed by atoms with Gasteiger partial charge in [0.15, 0.2) is 5.16 Å². The van der Waals surface area contributed by atoms with Gasteiger partial charge in [-0.1, -0.05) is 25.6 Å². The Balaban J connectivity index is 2.68. The number of thioether (sulfide) groups is 1. The van der Waals surface area contributed by atoms with Crippen LogP contribution >= 0.6 is 11.8 Å². The minimum absolute atomic E-state index is 0.0385. The molecular weight excluding hydrogens is 284 g/mol. The number of carbonyl (C=O) groups is 1. The molecule has 1 unspecified atom stereocenters. The molecule has 1 rings (SSSR count). The van der Waals surface area contributed by atoms with Gasteiger partial charge in [0, 0.05) is 11.4 Å². The Labute approximate surface area is 130 Å². The molecule has 1 atom stereocenters. The Morgan fingerprint density at radius 2 is 1.86 bits per heavy atom. The summed E-state index contributed by atoms with van der Waals surface area (Å²) in [7, 11) is 0. The standard InChI is InChI=1S/C15H22N4OS/c1-9(2)15(6,8-16)19-13(20)7-21-14-17-11(4)10(3)12(5)18-14/h9H,7H2,1-6H3,(H,19,20). The highest BCUT2D eigenvalue weighted by Gasteiger charge is 2.29. The second kappa shape index (κ2) is 6.90. The number of hydrogen-bond acceptors (Lipinski definition) is 5. The molecule has 0 aliphatic heterocycles. The summed E-state index contributed by atoms with van der Waals surface area (Å²) in [6.45, 7) is 11.4. The first kappa shape index (κ1) is 17.4. The Morgan fingerprint density at radius 3 is 2.29 bits per heavy atom. The van der Waals surface area contributed by atoms with Gasteiger partial charge in [-0.05, 0) is 39.2 Å². The number of carbonyl (C=O) groups excluding carboxylic acids is 1. The number of amides is 1. The van der Waals surface area contributed by atoms with Gasteiger partial charge in [-0.15, -0.1) is 0 Å². The third-order valence-electron chi connectivity index (χ3n) is 3.73. The van der Waals surface area contributed by atoms with Crippen LogP contribution in [0.1, 0.15) is 37.7 Å². The first-order valence-electron chi connectivity index (χ1n) is 6.86. The zero-order valence-corrected chi connectivity index (χ0v) is 14.3.